The van der Waals surface area contributed by atoms with Crippen molar-refractivity contribution < 1.29 is 4.79 Å². The highest BCUT2D eigenvalue weighted by molar-refractivity contribution is 5.83. The van der Waals surface area contributed by atoms with Crippen molar-refractivity contribution in [3.8, 4) is 0 Å². The number of carbonyl (C=O) groups excluding carboxylic acids is 1. The van der Waals surface area contributed by atoms with Gasteiger partial charge in [0, 0.05) is 32.7 Å². The van der Waals surface area contributed by atoms with Gasteiger partial charge < -0.3 is 10.2 Å². The summed E-state index contributed by atoms with van der Waals surface area (Å²) in [7, 11) is 3.95. The summed E-state index contributed by atoms with van der Waals surface area (Å²) in [6.07, 6.45) is 0.988. The Labute approximate surface area is 78.9 Å². The van der Waals surface area contributed by atoms with E-state index in [1.165, 1.54) is 0 Å². The number of amides is 1. The average Bonchev–Trinajstić information content (AvgIpc) is 2.29. The van der Waals surface area contributed by atoms with E-state index in [0.717, 1.165) is 26.1 Å². The van der Waals surface area contributed by atoms with Crippen LogP contribution in [0, 0.1) is 0 Å². The number of likely N-dealkylation sites (N-methyl/N-ethyl adjacent to an activating group) is 2. The predicted octanol–water partition coefficient (Wildman–Crippen LogP) is -0.879. The Bertz CT molecular complexity index is 215. The van der Waals surface area contributed by atoms with Gasteiger partial charge in [-0.05, 0) is 13.5 Å². The van der Waals surface area contributed by atoms with Crippen LogP contribution in [0.25, 0.3) is 0 Å². The normalized spacial score (nSPS) is 29.9. The molecule has 0 aliphatic carbocycles. The SMILES string of the molecule is CN1CCC(N(C)C2CNC2)C1=O. The van der Waals surface area contributed by atoms with Crippen molar-refractivity contribution in [2.75, 3.05) is 33.7 Å². The number of hydrogen-bond acceptors (Lipinski definition) is 3. The molecule has 0 radical (unpaired) electrons. The van der Waals surface area contributed by atoms with Gasteiger partial charge in [-0.15, -0.1) is 0 Å². The van der Waals surface area contributed by atoms with Crippen LogP contribution < -0.4 is 5.32 Å². The monoisotopic (exact) mass is 183 g/mol. The summed E-state index contributed by atoms with van der Waals surface area (Å²) in [6, 6.07) is 0.706. The van der Waals surface area contributed by atoms with Gasteiger partial charge in [0.15, 0.2) is 0 Å². The Morgan fingerprint density at radius 2 is 2.23 bits per heavy atom. The van der Waals surface area contributed by atoms with Gasteiger partial charge in [0.25, 0.3) is 0 Å². The number of likely N-dealkylation sites (tertiary alicyclic amines) is 1. The van der Waals surface area contributed by atoms with E-state index in [0.29, 0.717) is 6.04 Å². The zero-order valence-electron chi connectivity index (χ0n) is 8.29. The number of rotatable bonds is 2. The molecule has 0 aromatic heterocycles. The highest BCUT2D eigenvalue weighted by atomic mass is 16.2. The van der Waals surface area contributed by atoms with Crippen LogP contribution in [-0.2, 0) is 4.79 Å². The molecular weight excluding hydrogens is 166 g/mol. The van der Waals surface area contributed by atoms with E-state index in [4.69, 9.17) is 0 Å². The van der Waals surface area contributed by atoms with E-state index in [1.54, 1.807) is 0 Å². The number of hydrogen-bond donors (Lipinski definition) is 1. The zero-order chi connectivity index (χ0) is 9.42. The summed E-state index contributed by atoms with van der Waals surface area (Å²) < 4.78 is 0. The van der Waals surface area contributed by atoms with Crippen molar-refractivity contribution >= 4 is 5.91 Å². The second-order valence-electron chi connectivity index (χ2n) is 4.04. The van der Waals surface area contributed by atoms with Crippen LogP contribution >= 0.6 is 0 Å². The molecule has 0 aromatic carbocycles. The standard InChI is InChI=1S/C9H17N3O/c1-11-4-3-8(9(11)13)12(2)7-5-10-6-7/h7-8,10H,3-6H2,1-2H3. The van der Waals surface area contributed by atoms with Crippen LogP contribution in [0.4, 0.5) is 0 Å². The molecule has 4 nitrogen and oxygen atoms in total. The number of nitrogens with zero attached hydrogens (tertiary/aromatic N) is 2. The molecule has 13 heavy (non-hydrogen) atoms. The molecule has 2 heterocycles. The molecule has 0 aromatic rings. The third-order valence-electron chi connectivity index (χ3n) is 3.23. The van der Waals surface area contributed by atoms with Crippen LogP contribution in [0.2, 0.25) is 0 Å². The molecule has 2 rings (SSSR count). The molecule has 0 saturated carbocycles. The fourth-order valence-corrected chi connectivity index (χ4v) is 2.00. The van der Waals surface area contributed by atoms with Gasteiger partial charge in [-0.3, -0.25) is 9.69 Å². The van der Waals surface area contributed by atoms with Crippen molar-refractivity contribution in [3.63, 3.8) is 0 Å². The molecule has 0 spiro atoms. The summed E-state index contributed by atoms with van der Waals surface area (Å²) in [5.41, 5.74) is 0. The highest BCUT2D eigenvalue weighted by Crippen LogP contribution is 2.17. The topological polar surface area (TPSA) is 35.6 Å². The molecule has 74 valence electrons. The van der Waals surface area contributed by atoms with Crippen LogP contribution in [-0.4, -0.2) is 61.5 Å². The lowest BCUT2D eigenvalue weighted by Crippen LogP contribution is -2.59. The van der Waals surface area contributed by atoms with Gasteiger partial charge in [-0.2, -0.15) is 0 Å². The van der Waals surface area contributed by atoms with Gasteiger partial charge in [-0.1, -0.05) is 0 Å². The third-order valence-corrected chi connectivity index (χ3v) is 3.23. The van der Waals surface area contributed by atoms with Crippen LogP contribution in [0.5, 0.6) is 0 Å². The third kappa shape index (κ3) is 1.44. The molecule has 2 fully saturated rings. The Morgan fingerprint density at radius 1 is 1.54 bits per heavy atom. The first-order valence-electron chi connectivity index (χ1n) is 4.88. The van der Waals surface area contributed by atoms with E-state index in [1.807, 2.05) is 11.9 Å². The Hall–Kier alpha value is -0.610. The molecule has 1 amide bonds. The summed E-state index contributed by atoms with van der Waals surface area (Å²) in [5, 5.41) is 3.23. The Morgan fingerprint density at radius 3 is 2.62 bits per heavy atom. The van der Waals surface area contributed by atoms with E-state index in [-0.39, 0.29) is 11.9 Å². The lowest BCUT2D eigenvalue weighted by molar-refractivity contribution is -0.131. The van der Waals surface area contributed by atoms with Gasteiger partial charge in [0.05, 0.1) is 6.04 Å². The fourth-order valence-electron chi connectivity index (χ4n) is 2.00. The average molecular weight is 183 g/mol. The Kier molecular flexibility index (Phi) is 2.26. The van der Waals surface area contributed by atoms with Crippen molar-refractivity contribution in [2.24, 2.45) is 0 Å². The van der Waals surface area contributed by atoms with Crippen LogP contribution in [0.3, 0.4) is 0 Å². The second kappa shape index (κ2) is 3.27. The minimum atomic E-state index is 0.136. The molecule has 0 bridgehead atoms. The quantitative estimate of drug-likeness (QED) is 0.604. The first-order valence-corrected chi connectivity index (χ1v) is 4.88. The molecule has 1 atom stereocenters. The summed E-state index contributed by atoms with van der Waals surface area (Å²) in [4.78, 5) is 15.7. The van der Waals surface area contributed by atoms with Crippen molar-refractivity contribution in [3.05, 3.63) is 0 Å². The van der Waals surface area contributed by atoms with Gasteiger partial charge in [0.2, 0.25) is 5.91 Å². The maximum atomic E-state index is 11.7. The lowest BCUT2D eigenvalue weighted by atomic mass is 10.1. The zero-order valence-corrected chi connectivity index (χ0v) is 8.29. The number of nitrogens with one attached hydrogen (secondary N) is 1. The molecule has 4 heteroatoms. The second-order valence-corrected chi connectivity index (χ2v) is 4.04. The molecule has 2 aliphatic rings. The van der Waals surface area contributed by atoms with Gasteiger partial charge >= 0.3 is 0 Å². The summed E-state index contributed by atoms with van der Waals surface area (Å²) in [6.45, 7) is 2.97. The first-order chi connectivity index (χ1) is 6.20. The molecule has 1 unspecified atom stereocenters. The lowest BCUT2D eigenvalue weighted by Gasteiger charge is -2.38. The first kappa shape index (κ1) is 8.97. The largest absolute Gasteiger partial charge is 0.344 e. The van der Waals surface area contributed by atoms with E-state index in [9.17, 15) is 4.79 Å². The smallest absolute Gasteiger partial charge is 0.239 e. The minimum Gasteiger partial charge on any atom is -0.344 e. The van der Waals surface area contributed by atoms with Gasteiger partial charge in [-0.25, -0.2) is 0 Å². The maximum Gasteiger partial charge on any atom is 0.239 e. The molecule has 1 N–H and O–H groups in total. The van der Waals surface area contributed by atoms with Crippen molar-refractivity contribution in [2.45, 2.75) is 18.5 Å². The Balaban J connectivity index is 1.96. The van der Waals surface area contributed by atoms with E-state index in [2.05, 4.69) is 17.3 Å². The summed E-state index contributed by atoms with van der Waals surface area (Å²) in [5.74, 6) is 0.286. The van der Waals surface area contributed by atoms with Crippen LogP contribution in [0.1, 0.15) is 6.42 Å². The molecule has 2 aliphatic heterocycles. The summed E-state index contributed by atoms with van der Waals surface area (Å²) >= 11 is 0. The fraction of sp³-hybridized carbons (Fsp3) is 0.889. The number of carbonyl (C=O) groups is 1. The predicted molar refractivity (Wildman–Crippen MR) is 50.5 cm³/mol. The van der Waals surface area contributed by atoms with Crippen molar-refractivity contribution in [1.29, 1.82) is 0 Å². The van der Waals surface area contributed by atoms with Crippen LogP contribution in [0.15, 0.2) is 0 Å². The molecule has 2 saturated heterocycles. The minimum absolute atomic E-state index is 0.136. The van der Waals surface area contributed by atoms with Crippen molar-refractivity contribution in [1.82, 2.24) is 15.1 Å². The highest BCUT2D eigenvalue weighted by Gasteiger charge is 2.36. The maximum absolute atomic E-state index is 11.7. The van der Waals surface area contributed by atoms with Gasteiger partial charge in [0.1, 0.15) is 0 Å². The van der Waals surface area contributed by atoms with E-state index >= 15 is 0 Å². The molecular formula is C9H17N3O. The van der Waals surface area contributed by atoms with E-state index < -0.39 is 0 Å².